The first-order chi connectivity index (χ1) is 18.8. The highest BCUT2D eigenvalue weighted by Crippen LogP contribution is 2.23. The van der Waals surface area contributed by atoms with Gasteiger partial charge in [0.1, 0.15) is 17.2 Å². The maximum Gasteiger partial charge on any atom is 0.253 e. The number of nitrogens with one attached hydrogen (secondary N) is 4. The Morgan fingerprint density at radius 2 is 1.55 bits per heavy atom. The van der Waals surface area contributed by atoms with Crippen molar-refractivity contribution < 1.29 is 13.2 Å². The van der Waals surface area contributed by atoms with Gasteiger partial charge in [0.2, 0.25) is 16.0 Å². The zero-order valence-electron chi connectivity index (χ0n) is 22.1. The van der Waals surface area contributed by atoms with Gasteiger partial charge in [-0.2, -0.15) is 4.98 Å². The summed E-state index contributed by atoms with van der Waals surface area (Å²) in [5.74, 6) is 0.319. The molecule has 0 unspecified atom stereocenters. The van der Waals surface area contributed by atoms with Crippen LogP contribution in [-0.4, -0.2) is 36.4 Å². The van der Waals surface area contributed by atoms with Gasteiger partial charge in [0.05, 0.1) is 4.90 Å². The van der Waals surface area contributed by atoms with Gasteiger partial charge < -0.3 is 21.3 Å². The molecular weight excluding hydrogens is 534 g/mol. The largest absolute Gasteiger partial charge is 0.375 e. The Balaban J connectivity index is 1.32. The second-order valence-electron chi connectivity index (χ2n) is 10.1. The summed E-state index contributed by atoms with van der Waals surface area (Å²) in [6.45, 7) is 6.01. The number of nitrogens with two attached hydrogens (primary N) is 1. The van der Waals surface area contributed by atoms with Gasteiger partial charge in [-0.25, -0.2) is 18.5 Å². The number of anilines is 5. The van der Waals surface area contributed by atoms with Crippen LogP contribution in [0.4, 0.5) is 28.8 Å². The van der Waals surface area contributed by atoms with Gasteiger partial charge in [0, 0.05) is 29.5 Å². The second kappa shape index (κ2) is 11.2. The number of benzene rings is 2. The van der Waals surface area contributed by atoms with E-state index >= 15 is 0 Å². The van der Waals surface area contributed by atoms with Gasteiger partial charge in [0.25, 0.3) is 16.8 Å². The fourth-order valence-corrected chi connectivity index (χ4v) is 4.24. The van der Waals surface area contributed by atoms with Crippen LogP contribution in [0.15, 0.2) is 75.3 Å². The molecule has 0 atom stereocenters. The molecule has 3 aromatic carbocycles. The van der Waals surface area contributed by atoms with Crippen molar-refractivity contribution in [1.82, 2.24) is 15.3 Å². The molecule has 0 aliphatic heterocycles. The Labute approximate surface area is 230 Å². The van der Waals surface area contributed by atoms with Crippen molar-refractivity contribution in [2.24, 2.45) is 5.14 Å². The number of amides is 1. The Morgan fingerprint density at radius 1 is 0.900 bits per heavy atom. The molecule has 0 saturated heterocycles. The molecule has 1 aromatic heterocycles. The number of hydrogen-bond donors (Lipinski definition) is 5. The van der Waals surface area contributed by atoms with E-state index in [9.17, 15) is 22.8 Å². The molecule has 4 aromatic rings. The third-order valence-electron chi connectivity index (χ3n) is 5.67. The number of hydrogen-bond acceptors (Lipinski definition) is 10. The molecule has 40 heavy (non-hydrogen) atoms. The van der Waals surface area contributed by atoms with Crippen LogP contribution in [0, 0.1) is 0 Å². The second-order valence-corrected chi connectivity index (χ2v) is 11.6. The molecular formula is C27H29N7O5S. The number of sulfonamides is 1. The summed E-state index contributed by atoms with van der Waals surface area (Å²) in [5, 5.41) is 16.9. The van der Waals surface area contributed by atoms with Crippen molar-refractivity contribution in [2.75, 3.05) is 22.5 Å². The van der Waals surface area contributed by atoms with Crippen molar-refractivity contribution in [2.45, 2.75) is 37.6 Å². The van der Waals surface area contributed by atoms with Crippen molar-refractivity contribution in [1.29, 1.82) is 0 Å². The lowest BCUT2D eigenvalue weighted by Crippen LogP contribution is -2.41. The summed E-state index contributed by atoms with van der Waals surface area (Å²) in [5.41, 5.74) is 0.722. The van der Waals surface area contributed by atoms with Crippen LogP contribution in [-0.2, 0) is 16.4 Å². The molecule has 4 rings (SSSR count). The maximum absolute atomic E-state index is 12.5. The van der Waals surface area contributed by atoms with E-state index in [1.807, 2.05) is 20.8 Å². The number of carbonyl (C=O) groups excluding carboxylic acids is 1. The summed E-state index contributed by atoms with van der Waals surface area (Å²) in [6.07, 6.45) is 2.02. The molecule has 0 aliphatic carbocycles. The smallest absolute Gasteiger partial charge is 0.253 e. The number of nitrogens with zero attached hydrogens (tertiary/aromatic N) is 2. The predicted molar refractivity (Wildman–Crippen MR) is 154 cm³/mol. The fraction of sp³-hybridized carbons (Fsp3) is 0.222. The third kappa shape index (κ3) is 7.07. The lowest BCUT2D eigenvalue weighted by molar-refractivity contribution is 0.0954. The summed E-state index contributed by atoms with van der Waals surface area (Å²) >= 11 is 0. The molecule has 6 N–H and O–H groups in total. The molecule has 0 bridgehead atoms. The molecule has 1 amide bonds. The molecule has 0 radical (unpaired) electrons. The van der Waals surface area contributed by atoms with Crippen LogP contribution >= 0.6 is 0 Å². The van der Waals surface area contributed by atoms with Crippen LogP contribution in [0.3, 0.4) is 0 Å². The van der Waals surface area contributed by atoms with Crippen LogP contribution < -0.4 is 37.3 Å². The Bertz CT molecular complexity index is 1700. The number of carbonyl (C=O) groups is 1. The first-order valence-electron chi connectivity index (χ1n) is 12.3. The van der Waals surface area contributed by atoms with Gasteiger partial charge in [-0.3, -0.25) is 14.4 Å². The molecule has 208 valence electrons. The molecule has 0 saturated carbocycles. The first-order valence-corrected chi connectivity index (χ1v) is 13.8. The Hall–Kier alpha value is -4.62. The quantitative estimate of drug-likeness (QED) is 0.179. The van der Waals surface area contributed by atoms with Gasteiger partial charge in [-0.1, -0.05) is 12.1 Å². The standard InChI is InChI=1S/C27H29N7O5S/c1-27(2,3)34-22-21(23(35)24(22)36)32-20-13-15-30-26(33-20)31-18-8-6-17(7-9-18)25(37)29-14-12-16-4-10-19(11-5-16)40(28,38)39/h4-11,13,15,34H,12,14H2,1-3H3,(H,29,37)(H2,28,38,39)(H2,30,31,32,33). The molecule has 0 aliphatic rings. The number of aromatic nitrogens is 2. The maximum atomic E-state index is 12.5. The van der Waals surface area contributed by atoms with E-state index in [-0.39, 0.29) is 28.1 Å². The van der Waals surface area contributed by atoms with E-state index in [1.165, 1.54) is 18.3 Å². The first kappa shape index (κ1) is 28.4. The fourth-order valence-electron chi connectivity index (χ4n) is 3.72. The van der Waals surface area contributed by atoms with Gasteiger partial charge in [-0.15, -0.1) is 0 Å². The average Bonchev–Trinajstić information content (AvgIpc) is 2.90. The Morgan fingerprint density at radius 3 is 2.17 bits per heavy atom. The highest BCUT2D eigenvalue weighted by Gasteiger charge is 2.25. The SMILES string of the molecule is CC(C)(C)Nc1c(Nc2ccnc(Nc3ccc(C(=O)NCCc4ccc(S(N)(=O)=O)cc4)cc3)n2)c(=O)c1=O. The van der Waals surface area contributed by atoms with Crippen molar-refractivity contribution in [3.05, 3.63) is 92.4 Å². The van der Waals surface area contributed by atoms with Crippen molar-refractivity contribution >= 4 is 44.8 Å². The number of rotatable bonds is 10. The van der Waals surface area contributed by atoms with E-state index in [0.29, 0.717) is 30.0 Å². The van der Waals surface area contributed by atoms with Gasteiger partial charge in [0.15, 0.2) is 0 Å². The molecule has 1 heterocycles. The monoisotopic (exact) mass is 563 g/mol. The molecule has 0 fully saturated rings. The average molecular weight is 564 g/mol. The van der Waals surface area contributed by atoms with E-state index < -0.39 is 26.4 Å². The zero-order valence-corrected chi connectivity index (χ0v) is 22.9. The summed E-state index contributed by atoms with van der Waals surface area (Å²) in [4.78, 5) is 45.1. The lowest BCUT2D eigenvalue weighted by Gasteiger charge is -2.24. The lowest BCUT2D eigenvalue weighted by atomic mass is 10.1. The highest BCUT2D eigenvalue weighted by molar-refractivity contribution is 7.89. The number of primary sulfonamides is 1. The van der Waals surface area contributed by atoms with Gasteiger partial charge >= 0.3 is 0 Å². The molecule has 13 heteroatoms. The minimum absolute atomic E-state index is 0.0345. The highest BCUT2D eigenvalue weighted by atomic mass is 32.2. The third-order valence-corrected chi connectivity index (χ3v) is 6.60. The summed E-state index contributed by atoms with van der Waals surface area (Å²) in [6, 6.07) is 14.4. The molecule has 12 nitrogen and oxygen atoms in total. The summed E-state index contributed by atoms with van der Waals surface area (Å²) < 4.78 is 22.7. The van der Waals surface area contributed by atoms with Crippen LogP contribution in [0.1, 0.15) is 36.7 Å². The van der Waals surface area contributed by atoms with E-state index in [0.717, 1.165) is 5.56 Å². The summed E-state index contributed by atoms with van der Waals surface area (Å²) in [7, 11) is -3.74. The van der Waals surface area contributed by atoms with E-state index in [2.05, 4.69) is 31.2 Å². The topological polar surface area (TPSA) is 185 Å². The normalized spacial score (nSPS) is 11.7. The minimum atomic E-state index is -3.74. The molecule has 0 spiro atoms. The Kier molecular flexibility index (Phi) is 7.98. The van der Waals surface area contributed by atoms with Crippen LogP contribution in [0.5, 0.6) is 0 Å². The van der Waals surface area contributed by atoms with Crippen LogP contribution in [0.25, 0.3) is 0 Å². The van der Waals surface area contributed by atoms with Crippen molar-refractivity contribution in [3.8, 4) is 0 Å². The predicted octanol–water partition coefficient (Wildman–Crippen LogP) is 2.39. The van der Waals surface area contributed by atoms with E-state index in [1.54, 1.807) is 42.5 Å². The van der Waals surface area contributed by atoms with Crippen LogP contribution in [0.2, 0.25) is 0 Å². The van der Waals surface area contributed by atoms with Gasteiger partial charge in [-0.05, 0) is 75.2 Å². The zero-order chi connectivity index (χ0) is 29.1. The van der Waals surface area contributed by atoms with E-state index in [4.69, 9.17) is 5.14 Å². The van der Waals surface area contributed by atoms with Crippen molar-refractivity contribution in [3.63, 3.8) is 0 Å². The minimum Gasteiger partial charge on any atom is -0.375 e.